The summed E-state index contributed by atoms with van der Waals surface area (Å²) in [6.45, 7) is 6.17. The molecular formula is C22H37NO9. The molecule has 0 aliphatic rings. The van der Waals surface area contributed by atoms with Crippen LogP contribution in [-0.2, 0) is 38.0 Å². The largest absolute Gasteiger partial charge is 0.491 e. The Morgan fingerprint density at radius 1 is 0.625 bits per heavy atom. The number of nitrogen functional groups attached to an aromatic ring is 1. The molecule has 0 spiro atoms. The van der Waals surface area contributed by atoms with Crippen molar-refractivity contribution in [2.45, 2.75) is 6.42 Å². The fourth-order valence-corrected chi connectivity index (χ4v) is 2.24. The smallest absolute Gasteiger partial charge is 0.307 e. The number of anilines is 1. The first-order chi connectivity index (χ1) is 15.7. The monoisotopic (exact) mass is 459 g/mol. The summed E-state index contributed by atoms with van der Waals surface area (Å²) < 4.78 is 42.3. The Labute approximate surface area is 190 Å². The maximum atomic E-state index is 10.9. The van der Waals surface area contributed by atoms with E-state index in [4.69, 9.17) is 38.9 Å². The molecule has 0 aromatic heterocycles. The number of ether oxygens (including phenoxy) is 8. The standard InChI is InChI=1S/C22H37NO9/c1-25-22(24)6-7-26-8-9-27-10-11-28-12-13-29-14-15-30-16-17-31-18-19-32-21-4-2-20(23)3-5-21/h2-5H,6-19,23H2,1H3. The van der Waals surface area contributed by atoms with Crippen molar-refractivity contribution in [1.29, 1.82) is 0 Å². The minimum absolute atomic E-state index is 0.250. The highest BCUT2D eigenvalue weighted by molar-refractivity contribution is 5.69. The number of rotatable bonds is 22. The summed E-state index contributed by atoms with van der Waals surface area (Å²) in [5, 5.41) is 0. The van der Waals surface area contributed by atoms with Crippen LogP contribution in [0.3, 0.4) is 0 Å². The summed E-state index contributed by atoms with van der Waals surface area (Å²) in [6, 6.07) is 7.24. The Balaban J connectivity index is 1.69. The van der Waals surface area contributed by atoms with Gasteiger partial charge in [-0.05, 0) is 24.3 Å². The molecular weight excluding hydrogens is 422 g/mol. The molecule has 0 amide bonds. The van der Waals surface area contributed by atoms with Crippen LogP contribution in [-0.4, -0.2) is 99.0 Å². The van der Waals surface area contributed by atoms with E-state index >= 15 is 0 Å². The highest BCUT2D eigenvalue weighted by Crippen LogP contribution is 2.12. The van der Waals surface area contributed by atoms with Gasteiger partial charge in [-0.25, -0.2) is 0 Å². The number of esters is 1. The fourth-order valence-electron chi connectivity index (χ4n) is 2.24. The van der Waals surface area contributed by atoms with E-state index in [1.54, 1.807) is 12.1 Å². The van der Waals surface area contributed by atoms with E-state index in [1.165, 1.54) is 7.11 Å². The van der Waals surface area contributed by atoms with Gasteiger partial charge in [-0.2, -0.15) is 0 Å². The lowest BCUT2D eigenvalue weighted by Gasteiger charge is -2.09. The Morgan fingerprint density at radius 3 is 1.41 bits per heavy atom. The van der Waals surface area contributed by atoms with Crippen molar-refractivity contribution in [2.75, 3.05) is 98.7 Å². The SMILES string of the molecule is COC(=O)CCOCCOCCOCCOCCOCCOCCOc1ccc(N)cc1. The second-order valence-corrected chi connectivity index (χ2v) is 6.42. The van der Waals surface area contributed by atoms with Gasteiger partial charge >= 0.3 is 5.97 Å². The predicted octanol–water partition coefficient (Wildman–Crippen LogP) is 1.31. The van der Waals surface area contributed by atoms with Crippen LogP contribution in [0.4, 0.5) is 5.69 Å². The van der Waals surface area contributed by atoms with Gasteiger partial charge in [0.1, 0.15) is 12.4 Å². The Kier molecular flexibility index (Phi) is 18.4. The van der Waals surface area contributed by atoms with Gasteiger partial charge in [0.15, 0.2) is 0 Å². The van der Waals surface area contributed by atoms with Crippen molar-refractivity contribution in [2.24, 2.45) is 0 Å². The minimum atomic E-state index is -0.283. The lowest BCUT2D eigenvalue weighted by molar-refractivity contribution is -0.141. The van der Waals surface area contributed by atoms with Crippen molar-refractivity contribution < 1.29 is 42.7 Å². The van der Waals surface area contributed by atoms with E-state index in [9.17, 15) is 4.79 Å². The zero-order chi connectivity index (χ0) is 23.1. The molecule has 32 heavy (non-hydrogen) atoms. The van der Waals surface area contributed by atoms with Crippen LogP contribution in [0.1, 0.15) is 6.42 Å². The van der Waals surface area contributed by atoms with E-state index in [0.717, 1.165) is 5.75 Å². The molecule has 1 aromatic rings. The molecule has 10 nitrogen and oxygen atoms in total. The number of hydrogen-bond donors (Lipinski definition) is 1. The van der Waals surface area contributed by atoms with Crippen LogP contribution in [0.15, 0.2) is 24.3 Å². The molecule has 0 radical (unpaired) electrons. The van der Waals surface area contributed by atoms with Crippen LogP contribution >= 0.6 is 0 Å². The van der Waals surface area contributed by atoms with E-state index in [2.05, 4.69) is 4.74 Å². The minimum Gasteiger partial charge on any atom is -0.491 e. The molecule has 0 bridgehead atoms. The molecule has 2 N–H and O–H groups in total. The van der Waals surface area contributed by atoms with Crippen LogP contribution in [0.25, 0.3) is 0 Å². The topological polar surface area (TPSA) is 117 Å². The first kappa shape index (κ1) is 28.1. The molecule has 1 rings (SSSR count). The average molecular weight is 460 g/mol. The van der Waals surface area contributed by atoms with Gasteiger partial charge in [0, 0.05) is 5.69 Å². The predicted molar refractivity (Wildman–Crippen MR) is 118 cm³/mol. The highest BCUT2D eigenvalue weighted by Gasteiger charge is 1.99. The van der Waals surface area contributed by atoms with Crippen molar-refractivity contribution in [1.82, 2.24) is 0 Å². The second kappa shape index (κ2) is 20.9. The van der Waals surface area contributed by atoms with Gasteiger partial charge in [-0.1, -0.05) is 0 Å². The number of methoxy groups -OCH3 is 1. The summed E-state index contributed by atoms with van der Waals surface area (Å²) in [4.78, 5) is 10.9. The van der Waals surface area contributed by atoms with E-state index in [-0.39, 0.29) is 12.4 Å². The van der Waals surface area contributed by atoms with Crippen molar-refractivity contribution in [3.05, 3.63) is 24.3 Å². The molecule has 0 saturated heterocycles. The number of nitrogens with two attached hydrogens (primary N) is 1. The normalized spacial score (nSPS) is 10.9. The van der Waals surface area contributed by atoms with E-state index in [0.29, 0.717) is 91.6 Å². The first-order valence-corrected chi connectivity index (χ1v) is 10.7. The third-order valence-corrected chi connectivity index (χ3v) is 3.91. The van der Waals surface area contributed by atoms with Gasteiger partial charge < -0.3 is 43.6 Å². The summed E-state index contributed by atoms with van der Waals surface area (Å²) in [7, 11) is 1.35. The molecule has 0 aliphatic heterocycles. The molecule has 0 atom stereocenters. The van der Waals surface area contributed by atoms with Crippen LogP contribution in [0, 0.1) is 0 Å². The molecule has 1 aromatic carbocycles. The second-order valence-electron chi connectivity index (χ2n) is 6.42. The lowest BCUT2D eigenvalue weighted by atomic mass is 10.3. The Morgan fingerprint density at radius 2 is 1.00 bits per heavy atom. The number of benzene rings is 1. The number of carbonyl (C=O) groups is 1. The molecule has 10 heteroatoms. The maximum absolute atomic E-state index is 10.9. The van der Waals surface area contributed by atoms with Crippen molar-refractivity contribution in [3.63, 3.8) is 0 Å². The van der Waals surface area contributed by atoms with Gasteiger partial charge in [-0.15, -0.1) is 0 Å². The van der Waals surface area contributed by atoms with Gasteiger partial charge in [0.25, 0.3) is 0 Å². The zero-order valence-corrected chi connectivity index (χ0v) is 19.0. The Bertz CT molecular complexity index is 557. The fraction of sp³-hybridized carbons (Fsp3) is 0.682. The Hall–Kier alpha value is -1.95. The van der Waals surface area contributed by atoms with Crippen LogP contribution in [0.5, 0.6) is 5.75 Å². The van der Waals surface area contributed by atoms with E-state index < -0.39 is 0 Å². The lowest BCUT2D eigenvalue weighted by Crippen LogP contribution is -2.15. The highest BCUT2D eigenvalue weighted by atomic mass is 16.6. The third kappa shape index (κ3) is 17.7. The zero-order valence-electron chi connectivity index (χ0n) is 19.0. The number of carbonyl (C=O) groups excluding carboxylic acids is 1. The van der Waals surface area contributed by atoms with Gasteiger partial charge in [-0.3, -0.25) is 4.79 Å². The molecule has 184 valence electrons. The summed E-state index contributed by atoms with van der Waals surface area (Å²) in [5.74, 6) is 0.487. The maximum Gasteiger partial charge on any atom is 0.307 e. The quantitative estimate of drug-likeness (QED) is 0.154. The van der Waals surface area contributed by atoms with Crippen LogP contribution in [0.2, 0.25) is 0 Å². The summed E-state index contributed by atoms with van der Waals surface area (Å²) in [5.41, 5.74) is 6.32. The molecule has 0 unspecified atom stereocenters. The van der Waals surface area contributed by atoms with Crippen molar-refractivity contribution >= 4 is 11.7 Å². The molecule has 0 heterocycles. The van der Waals surface area contributed by atoms with Gasteiger partial charge in [0.05, 0.1) is 92.8 Å². The van der Waals surface area contributed by atoms with Crippen molar-refractivity contribution in [3.8, 4) is 5.75 Å². The summed E-state index contributed by atoms with van der Waals surface area (Å²) in [6.07, 6.45) is 0.250. The average Bonchev–Trinajstić information content (AvgIpc) is 2.81. The van der Waals surface area contributed by atoms with Gasteiger partial charge in [0.2, 0.25) is 0 Å². The van der Waals surface area contributed by atoms with E-state index in [1.807, 2.05) is 12.1 Å². The molecule has 0 aliphatic carbocycles. The number of hydrogen-bond acceptors (Lipinski definition) is 10. The first-order valence-electron chi connectivity index (χ1n) is 10.7. The molecule has 0 fully saturated rings. The molecule has 0 saturated carbocycles. The third-order valence-electron chi connectivity index (χ3n) is 3.91. The summed E-state index contributed by atoms with van der Waals surface area (Å²) >= 11 is 0. The van der Waals surface area contributed by atoms with Crippen LogP contribution < -0.4 is 10.5 Å².